The van der Waals surface area contributed by atoms with E-state index in [1.165, 1.54) is 12.1 Å². The molecule has 1 aromatic heterocycles. The molecule has 0 saturated carbocycles. The van der Waals surface area contributed by atoms with Crippen molar-refractivity contribution in [2.75, 3.05) is 11.9 Å². The summed E-state index contributed by atoms with van der Waals surface area (Å²) in [5.74, 6) is -0.942. The summed E-state index contributed by atoms with van der Waals surface area (Å²) >= 11 is 6.01. The van der Waals surface area contributed by atoms with Crippen LogP contribution in [0, 0.1) is 0 Å². The minimum Gasteiger partial charge on any atom is -0.470 e. The topological polar surface area (TPSA) is 64.1 Å². The highest BCUT2D eigenvalue weighted by Gasteiger charge is 2.26. The first-order valence-corrected chi connectivity index (χ1v) is 7.42. The molecule has 0 radical (unpaired) electrons. The largest absolute Gasteiger partial charge is 0.470 e. The zero-order valence-corrected chi connectivity index (χ0v) is 13.2. The van der Waals surface area contributed by atoms with Gasteiger partial charge in [-0.1, -0.05) is 17.7 Å². The molecule has 2 heterocycles. The van der Waals surface area contributed by atoms with E-state index in [1.807, 2.05) is 0 Å². The molecule has 5 nitrogen and oxygen atoms in total. The quantitative estimate of drug-likeness (QED) is 0.806. The number of rotatable bonds is 5. The molecule has 3 rings (SSSR count). The molecule has 10 heteroatoms. The summed E-state index contributed by atoms with van der Waals surface area (Å²) < 4.78 is 55.4. The SMILES string of the molecule is O=C1Cc2c(-c3cnc(OCC(F)F)c(C(F)F)n3)ccc(Cl)c2N1. The van der Waals surface area contributed by atoms with Crippen molar-refractivity contribution < 1.29 is 27.1 Å². The molecule has 1 N–H and O–H groups in total. The predicted octanol–water partition coefficient (Wildman–Crippen LogP) is 3.87. The van der Waals surface area contributed by atoms with Gasteiger partial charge in [-0.3, -0.25) is 4.79 Å². The number of amides is 1. The Bertz CT molecular complexity index is 833. The molecule has 132 valence electrons. The molecule has 0 unspecified atom stereocenters. The number of anilines is 1. The third kappa shape index (κ3) is 3.51. The summed E-state index contributed by atoms with van der Waals surface area (Å²) in [5, 5.41) is 2.89. The summed E-state index contributed by atoms with van der Waals surface area (Å²) in [7, 11) is 0. The number of hydrogen-bond acceptors (Lipinski definition) is 4. The third-order valence-corrected chi connectivity index (χ3v) is 3.77. The first-order valence-electron chi connectivity index (χ1n) is 7.04. The number of benzene rings is 1. The Labute approximate surface area is 144 Å². The molecular weight excluding hydrogens is 366 g/mol. The normalized spacial score (nSPS) is 13.3. The van der Waals surface area contributed by atoms with Crippen molar-refractivity contribution in [3.8, 4) is 17.1 Å². The zero-order valence-electron chi connectivity index (χ0n) is 12.4. The molecule has 25 heavy (non-hydrogen) atoms. The van der Waals surface area contributed by atoms with Gasteiger partial charge in [0.25, 0.3) is 12.9 Å². The summed E-state index contributed by atoms with van der Waals surface area (Å²) in [6.45, 7) is -1.07. The van der Waals surface area contributed by atoms with Gasteiger partial charge in [0.15, 0.2) is 12.3 Å². The van der Waals surface area contributed by atoms with E-state index in [9.17, 15) is 22.4 Å². The maximum absolute atomic E-state index is 13.2. The second kappa shape index (κ2) is 6.83. The molecule has 0 bridgehead atoms. The zero-order chi connectivity index (χ0) is 18.1. The van der Waals surface area contributed by atoms with Gasteiger partial charge in [0, 0.05) is 5.56 Å². The number of nitrogens with zero attached hydrogens (tertiary/aromatic N) is 2. The molecule has 0 fully saturated rings. The average molecular weight is 376 g/mol. The summed E-state index contributed by atoms with van der Waals surface area (Å²) in [5.41, 5.74) is 0.506. The van der Waals surface area contributed by atoms with E-state index < -0.39 is 31.0 Å². The fourth-order valence-corrected chi connectivity index (χ4v) is 2.66. The Kier molecular flexibility index (Phi) is 4.76. The van der Waals surface area contributed by atoms with Crippen LogP contribution in [0.1, 0.15) is 17.7 Å². The molecular formula is C15H10ClF4N3O2. The molecule has 1 aliphatic heterocycles. The number of hydrogen-bond donors (Lipinski definition) is 1. The van der Waals surface area contributed by atoms with Gasteiger partial charge >= 0.3 is 0 Å². The molecule has 0 atom stereocenters. The van der Waals surface area contributed by atoms with E-state index in [-0.39, 0.29) is 18.0 Å². The van der Waals surface area contributed by atoms with E-state index in [2.05, 4.69) is 20.0 Å². The van der Waals surface area contributed by atoms with Gasteiger partial charge in [0.2, 0.25) is 11.8 Å². The molecule has 1 aliphatic rings. The summed E-state index contributed by atoms with van der Waals surface area (Å²) in [6.07, 6.45) is -4.76. The average Bonchev–Trinajstić information content (AvgIpc) is 2.95. The summed E-state index contributed by atoms with van der Waals surface area (Å²) in [6, 6.07) is 3.02. The summed E-state index contributed by atoms with van der Waals surface area (Å²) in [4.78, 5) is 19.1. The first kappa shape index (κ1) is 17.4. The Hall–Kier alpha value is -2.42. The van der Waals surface area contributed by atoms with Gasteiger partial charge < -0.3 is 10.1 Å². The standard InChI is InChI=1S/C15H10ClF4N3O2/c16-8-2-1-6(7-3-11(24)23-12(7)8)9-4-21-15(25-5-10(17)18)13(22-9)14(19)20/h1-2,4,10,14H,3,5H2,(H,23,24). The van der Waals surface area contributed by atoms with Crippen LogP contribution in [0.2, 0.25) is 5.02 Å². The molecule has 1 aromatic carbocycles. The van der Waals surface area contributed by atoms with Crippen molar-refractivity contribution in [2.45, 2.75) is 19.3 Å². The smallest absolute Gasteiger partial charge is 0.285 e. The molecule has 0 spiro atoms. The van der Waals surface area contributed by atoms with Crippen LogP contribution in [0.4, 0.5) is 23.2 Å². The van der Waals surface area contributed by atoms with Crippen molar-refractivity contribution in [1.82, 2.24) is 9.97 Å². The van der Waals surface area contributed by atoms with Crippen molar-refractivity contribution >= 4 is 23.2 Å². The molecule has 2 aromatic rings. The number of carbonyl (C=O) groups is 1. The van der Waals surface area contributed by atoms with E-state index in [1.54, 1.807) is 0 Å². The number of aromatic nitrogens is 2. The minimum absolute atomic E-state index is 0.0144. The predicted molar refractivity (Wildman–Crippen MR) is 81.3 cm³/mol. The lowest BCUT2D eigenvalue weighted by molar-refractivity contribution is -0.115. The van der Waals surface area contributed by atoms with E-state index >= 15 is 0 Å². The fraction of sp³-hybridized carbons (Fsp3) is 0.267. The van der Waals surface area contributed by atoms with Gasteiger partial charge in [0.05, 0.1) is 29.0 Å². The van der Waals surface area contributed by atoms with Gasteiger partial charge in [-0.25, -0.2) is 27.5 Å². The van der Waals surface area contributed by atoms with Gasteiger partial charge in [-0.15, -0.1) is 0 Å². The highest BCUT2D eigenvalue weighted by Crippen LogP contribution is 2.38. The van der Waals surface area contributed by atoms with Gasteiger partial charge in [0.1, 0.15) is 0 Å². The van der Waals surface area contributed by atoms with Crippen LogP contribution in [-0.2, 0) is 11.2 Å². The highest BCUT2D eigenvalue weighted by molar-refractivity contribution is 6.34. The Morgan fingerprint density at radius 1 is 1.28 bits per heavy atom. The van der Waals surface area contributed by atoms with Crippen LogP contribution < -0.4 is 10.1 Å². The number of ether oxygens (including phenoxy) is 1. The Balaban J connectivity index is 2.03. The third-order valence-electron chi connectivity index (χ3n) is 3.46. The lowest BCUT2D eigenvalue weighted by Crippen LogP contribution is -2.11. The van der Waals surface area contributed by atoms with Gasteiger partial charge in [-0.05, 0) is 11.6 Å². The van der Waals surface area contributed by atoms with Crippen LogP contribution in [0.25, 0.3) is 11.3 Å². The van der Waals surface area contributed by atoms with Crippen molar-refractivity contribution in [2.24, 2.45) is 0 Å². The van der Waals surface area contributed by atoms with Gasteiger partial charge in [-0.2, -0.15) is 0 Å². The molecule has 0 saturated heterocycles. The number of nitrogens with one attached hydrogen (secondary N) is 1. The second-order valence-electron chi connectivity index (χ2n) is 5.12. The lowest BCUT2D eigenvalue weighted by atomic mass is 10.0. The van der Waals surface area contributed by atoms with Crippen molar-refractivity contribution in [3.05, 3.63) is 34.6 Å². The van der Waals surface area contributed by atoms with E-state index in [0.29, 0.717) is 21.8 Å². The van der Waals surface area contributed by atoms with Crippen LogP contribution in [-0.4, -0.2) is 28.9 Å². The monoisotopic (exact) mass is 375 g/mol. The Morgan fingerprint density at radius 2 is 2.04 bits per heavy atom. The van der Waals surface area contributed by atoms with Crippen molar-refractivity contribution in [3.63, 3.8) is 0 Å². The maximum atomic E-state index is 13.2. The number of fused-ring (bicyclic) bond motifs is 1. The lowest BCUT2D eigenvalue weighted by Gasteiger charge is -2.12. The Morgan fingerprint density at radius 3 is 2.72 bits per heavy atom. The first-order chi connectivity index (χ1) is 11.9. The van der Waals surface area contributed by atoms with E-state index in [4.69, 9.17) is 11.6 Å². The van der Waals surface area contributed by atoms with Crippen molar-refractivity contribution in [1.29, 1.82) is 0 Å². The van der Waals surface area contributed by atoms with Crippen LogP contribution in [0.3, 0.4) is 0 Å². The molecule has 0 aliphatic carbocycles. The number of alkyl halides is 4. The van der Waals surface area contributed by atoms with Crippen LogP contribution in [0.15, 0.2) is 18.3 Å². The second-order valence-corrected chi connectivity index (χ2v) is 5.53. The molecule has 1 amide bonds. The van der Waals surface area contributed by atoms with Crippen LogP contribution in [0.5, 0.6) is 5.88 Å². The number of halogens is 5. The minimum atomic E-state index is -3.07. The van der Waals surface area contributed by atoms with E-state index in [0.717, 1.165) is 6.20 Å². The number of carbonyl (C=O) groups excluding carboxylic acids is 1. The highest BCUT2D eigenvalue weighted by atomic mass is 35.5. The fourth-order valence-electron chi connectivity index (χ4n) is 2.44. The van der Waals surface area contributed by atoms with Crippen LogP contribution >= 0.6 is 11.6 Å². The maximum Gasteiger partial charge on any atom is 0.285 e.